The Hall–Kier alpha value is -4.33. The molecule has 0 aliphatic carbocycles. The van der Waals surface area contributed by atoms with E-state index in [1.165, 1.54) is 0 Å². The highest BCUT2D eigenvalue weighted by Crippen LogP contribution is 2.21. The Labute approximate surface area is 191 Å². The molecule has 166 valence electrons. The maximum atomic E-state index is 12.8. The highest BCUT2D eigenvalue weighted by Gasteiger charge is 2.13. The van der Waals surface area contributed by atoms with Gasteiger partial charge in [0, 0.05) is 47.7 Å². The van der Waals surface area contributed by atoms with Crippen molar-refractivity contribution in [1.29, 1.82) is 0 Å². The van der Waals surface area contributed by atoms with Crippen molar-refractivity contribution in [3.05, 3.63) is 94.1 Å². The number of nitrogens with zero attached hydrogens (tertiary/aromatic N) is 3. The van der Waals surface area contributed by atoms with Gasteiger partial charge in [-0.1, -0.05) is 6.07 Å². The monoisotopic (exact) mass is 440 g/mol. The average molecular weight is 441 g/mol. The van der Waals surface area contributed by atoms with Crippen LogP contribution in [0.1, 0.15) is 48.8 Å². The summed E-state index contributed by atoms with van der Waals surface area (Å²) in [6, 6.07) is 12.6. The third-order valence-electron chi connectivity index (χ3n) is 5.49. The normalized spacial score (nSPS) is 10.8. The zero-order valence-electron chi connectivity index (χ0n) is 18.4. The van der Waals surface area contributed by atoms with Crippen LogP contribution in [0.15, 0.2) is 54.9 Å². The van der Waals surface area contributed by atoms with Gasteiger partial charge in [0.25, 0.3) is 11.8 Å². The van der Waals surface area contributed by atoms with E-state index in [0.29, 0.717) is 41.1 Å². The largest absolute Gasteiger partial charge is 0.384 e. The molecule has 0 spiro atoms. The number of fused-ring (bicyclic) bond motifs is 1. The van der Waals surface area contributed by atoms with Crippen LogP contribution in [0.2, 0.25) is 0 Å². The number of hydrogen-bond acceptors (Lipinski definition) is 6. The summed E-state index contributed by atoms with van der Waals surface area (Å²) in [5.41, 5.74) is 17.0. The number of hydrogen-bond donors (Lipinski definition) is 3. The van der Waals surface area contributed by atoms with E-state index in [9.17, 15) is 9.59 Å². The van der Waals surface area contributed by atoms with Crippen molar-refractivity contribution < 1.29 is 9.59 Å². The molecule has 8 heteroatoms. The van der Waals surface area contributed by atoms with E-state index in [1.807, 2.05) is 26.0 Å². The molecule has 4 rings (SSSR count). The number of nitrogen functional groups attached to an aromatic ring is 1. The van der Waals surface area contributed by atoms with Crippen molar-refractivity contribution in [2.75, 3.05) is 5.73 Å². The smallest absolute Gasteiger partial charge is 0.251 e. The van der Waals surface area contributed by atoms with E-state index in [-0.39, 0.29) is 5.91 Å². The van der Waals surface area contributed by atoms with Gasteiger partial charge in [0.2, 0.25) is 0 Å². The van der Waals surface area contributed by atoms with Crippen LogP contribution in [0.4, 0.5) is 5.82 Å². The first kappa shape index (κ1) is 21.9. The van der Waals surface area contributed by atoms with Crippen molar-refractivity contribution >= 4 is 28.5 Å². The number of rotatable bonds is 6. The molecule has 1 aromatic carbocycles. The van der Waals surface area contributed by atoms with E-state index >= 15 is 0 Å². The van der Waals surface area contributed by atoms with Crippen LogP contribution in [0, 0.1) is 13.8 Å². The number of nitrogens with one attached hydrogen (secondary N) is 1. The van der Waals surface area contributed by atoms with Gasteiger partial charge in [-0.3, -0.25) is 19.6 Å². The second kappa shape index (κ2) is 9.04. The molecule has 0 unspecified atom stereocenters. The maximum absolute atomic E-state index is 12.8. The minimum Gasteiger partial charge on any atom is -0.384 e. The number of amides is 2. The number of nitrogens with two attached hydrogens (primary N) is 2. The Morgan fingerprint density at radius 1 is 1.03 bits per heavy atom. The molecule has 0 atom stereocenters. The van der Waals surface area contributed by atoms with Crippen molar-refractivity contribution in [3.8, 4) is 0 Å². The van der Waals surface area contributed by atoms with Crippen molar-refractivity contribution in [2.45, 2.75) is 26.8 Å². The zero-order valence-corrected chi connectivity index (χ0v) is 18.4. The fraction of sp³-hybridized carbons (Fsp3) is 0.160. The fourth-order valence-electron chi connectivity index (χ4n) is 3.90. The number of anilines is 1. The first-order valence-corrected chi connectivity index (χ1v) is 10.4. The SMILES string of the molecule is Cc1cc(N)nc(C)c1CNC(=O)c1ccnc(Cc2cc(C(N)=O)c3ncccc3c2)c1. The van der Waals surface area contributed by atoms with E-state index in [1.54, 1.807) is 42.7 Å². The van der Waals surface area contributed by atoms with Gasteiger partial charge in [-0.2, -0.15) is 0 Å². The van der Waals surface area contributed by atoms with E-state index in [0.717, 1.165) is 27.8 Å². The van der Waals surface area contributed by atoms with Crippen LogP contribution in [0.3, 0.4) is 0 Å². The second-order valence-electron chi connectivity index (χ2n) is 7.91. The molecular weight excluding hydrogens is 416 g/mol. The molecule has 0 aliphatic rings. The predicted molar refractivity (Wildman–Crippen MR) is 127 cm³/mol. The Morgan fingerprint density at radius 2 is 1.85 bits per heavy atom. The van der Waals surface area contributed by atoms with Gasteiger partial charge in [0.15, 0.2) is 0 Å². The van der Waals surface area contributed by atoms with Gasteiger partial charge in [0.05, 0.1) is 11.1 Å². The minimum absolute atomic E-state index is 0.213. The molecule has 2 amide bonds. The number of aryl methyl sites for hydroxylation is 2. The van der Waals surface area contributed by atoms with Crippen molar-refractivity contribution in [1.82, 2.24) is 20.3 Å². The Bertz CT molecular complexity index is 1360. The lowest BCUT2D eigenvalue weighted by Gasteiger charge is -2.12. The summed E-state index contributed by atoms with van der Waals surface area (Å²) in [6.45, 7) is 4.16. The average Bonchev–Trinajstić information content (AvgIpc) is 2.77. The van der Waals surface area contributed by atoms with Gasteiger partial charge in [0.1, 0.15) is 5.82 Å². The molecular formula is C25H24N6O2. The van der Waals surface area contributed by atoms with E-state index in [2.05, 4.69) is 20.3 Å². The minimum atomic E-state index is -0.538. The van der Waals surface area contributed by atoms with Gasteiger partial charge < -0.3 is 16.8 Å². The van der Waals surface area contributed by atoms with Crippen molar-refractivity contribution in [2.24, 2.45) is 5.73 Å². The summed E-state index contributed by atoms with van der Waals surface area (Å²) >= 11 is 0. The molecule has 8 nitrogen and oxygen atoms in total. The van der Waals surface area contributed by atoms with Gasteiger partial charge in [-0.15, -0.1) is 0 Å². The molecule has 0 radical (unpaired) electrons. The molecule has 0 aliphatic heterocycles. The molecule has 0 saturated heterocycles. The fourth-order valence-corrected chi connectivity index (χ4v) is 3.90. The van der Waals surface area contributed by atoms with Crippen LogP contribution >= 0.6 is 0 Å². The Morgan fingerprint density at radius 3 is 2.61 bits per heavy atom. The summed E-state index contributed by atoms with van der Waals surface area (Å²) in [5, 5.41) is 3.76. The molecule has 0 bridgehead atoms. The van der Waals surface area contributed by atoms with Crippen molar-refractivity contribution in [3.63, 3.8) is 0 Å². The van der Waals surface area contributed by atoms with E-state index in [4.69, 9.17) is 11.5 Å². The van der Waals surface area contributed by atoms with E-state index < -0.39 is 5.91 Å². The third kappa shape index (κ3) is 4.79. The Kier molecular flexibility index (Phi) is 5.99. The quantitative estimate of drug-likeness (QED) is 0.422. The van der Waals surface area contributed by atoms with Gasteiger partial charge >= 0.3 is 0 Å². The highest BCUT2D eigenvalue weighted by atomic mass is 16.2. The number of carbonyl (C=O) groups is 2. The summed E-state index contributed by atoms with van der Waals surface area (Å²) in [5.74, 6) is -0.290. The molecule has 3 heterocycles. The molecule has 3 aromatic heterocycles. The Balaban J connectivity index is 1.54. The topological polar surface area (TPSA) is 137 Å². The number of benzene rings is 1. The number of carbonyl (C=O) groups excluding carboxylic acids is 2. The lowest BCUT2D eigenvalue weighted by atomic mass is 10.0. The lowest BCUT2D eigenvalue weighted by molar-refractivity contribution is 0.0949. The number of primary amides is 1. The second-order valence-corrected chi connectivity index (χ2v) is 7.91. The lowest BCUT2D eigenvalue weighted by Crippen LogP contribution is -2.24. The highest BCUT2D eigenvalue weighted by molar-refractivity contribution is 6.05. The number of aromatic nitrogens is 3. The molecule has 0 saturated carbocycles. The summed E-state index contributed by atoms with van der Waals surface area (Å²) < 4.78 is 0. The summed E-state index contributed by atoms with van der Waals surface area (Å²) in [4.78, 5) is 37.6. The summed E-state index contributed by atoms with van der Waals surface area (Å²) in [7, 11) is 0. The zero-order chi connectivity index (χ0) is 23.5. The third-order valence-corrected chi connectivity index (χ3v) is 5.49. The van der Waals surface area contributed by atoms with Crippen LogP contribution in [0.5, 0.6) is 0 Å². The standard InChI is InChI=1S/C25H24N6O2/c1-14-8-22(26)31-15(2)21(14)13-30-25(33)18-5-7-28-19(12-18)10-16-9-17-4-3-6-29-23(17)20(11-16)24(27)32/h3-9,11-12H,10,13H2,1-2H3,(H2,26,31)(H2,27,32)(H,30,33). The molecule has 4 aromatic rings. The predicted octanol–water partition coefficient (Wildman–Crippen LogP) is 2.84. The molecule has 33 heavy (non-hydrogen) atoms. The van der Waals surface area contributed by atoms with Crippen LogP contribution in [-0.2, 0) is 13.0 Å². The maximum Gasteiger partial charge on any atom is 0.251 e. The van der Waals surface area contributed by atoms with Crippen LogP contribution < -0.4 is 16.8 Å². The number of pyridine rings is 3. The molecule has 5 N–H and O–H groups in total. The summed E-state index contributed by atoms with van der Waals surface area (Å²) in [6.07, 6.45) is 3.66. The first-order chi connectivity index (χ1) is 15.8. The first-order valence-electron chi connectivity index (χ1n) is 10.4. The van der Waals surface area contributed by atoms with Gasteiger partial charge in [-0.05, 0) is 66.9 Å². The van der Waals surface area contributed by atoms with Gasteiger partial charge in [-0.25, -0.2) is 4.98 Å². The molecule has 0 fully saturated rings. The van der Waals surface area contributed by atoms with Crippen LogP contribution in [0.25, 0.3) is 10.9 Å². The van der Waals surface area contributed by atoms with Crippen LogP contribution in [-0.4, -0.2) is 26.8 Å².